The van der Waals surface area contributed by atoms with Crippen LogP contribution in [-0.4, -0.2) is 30.5 Å². The highest BCUT2D eigenvalue weighted by Crippen LogP contribution is 2.30. The van der Waals surface area contributed by atoms with Crippen molar-refractivity contribution >= 4 is 23.1 Å². The summed E-state index contributed by atoms with van der Waals surface area (Å²) in [5.74, 6) is 1.21. The van der Waals surface area contributed by atoms with Crippen molar-refractivity contribution < 1.29 is 4.58 Å². The van der Waals surface area contributed by atoms with Gasteiger partial charge in [0, 0.05) is 6.42 Å². The van der Waals surface area contributed by atoms with Gasteiger partial charge >= 0.3 is 0 Å². The summed E-state index contributed by atoms with van der Waals surface area (Å²) in [4.78, 5) is 2.44. The van der Waals surface area contributed by atoms with E-state index in [1.54, 1.807) is 0 Å². The monoisotopic (exact) mass is 327 g/mol. The lowest BCUT2D eigenvalue weighted by Gasteiger charge is -2.28. The summed E-state index contributed by atoms with van der Waals surface area (Å²) >= 11 is 6.51. The molecule has 0 saturated carbocycles. The number of aryl methyl sites for hydroxylation is 3. The molecule has 1 aliphatic heterocycles. The third-order valence-electron chi connectivity index (χ3n) is 4.51. The Balaban J connectivity index is 2.19. The van der Waals surface area contributed by atoms with Crippen LogP contribution in [0.5, 0.6) is 0 Å². The Bertz CT molecular complexity index is 754. The maximum Gasteiger partial charge on any atom is 0.285 e. The van der Waals surface area contributed by atoms with Crippen molar-refractivity contribution in [3.63, 3.8) is 0 Å². The average Bonchev–Trinajstić information content (AvgIpc) is 2.47. The molecule has 2 aromatic rings. The van der Waals surface area contributed by atoms with Gasteiger partial charge in [0.25, 0.3) is 5.84 Å². The Labute approximate surface area is 144 Å². The van der Waals surface area contributed by atoms with Gasteiger partial charge in [-0.15, -0.1) is 0 Å². The predicted octanol–water partition coefficient (Wildman–Crippen LogP) is 4.56. The fourth-order valence-corrected chi connectivity index (χ4v) is 3.91. The first kappa shape index (κ1) is 16.1. The van der Waals surface area contributed by atoms with E-state index in [0.717, 1.165) is 30.1 Å². The third kappa shape index (κ3) is 3.00. The fourth-order valence-electron chi connectivity index (χ4n) is 3.69. The number of hydrogen-bond acceptors (Lipinski definition) is 1. The second-order valence-electron chi connectivity index (χ2n) is 6.48. The lowest BCUT2D eigenvalue weighted by molar-refractivity contribution is -0.501. The van der Waals surface area contributed by atoms with Gasteiger partial charge in [0.05, 0.1) is 30.7 Å². The number of benzene rings is 2. The summed E-state index contributed by atoms with van der Waals surface area (Å²) in [6, 6.07) is 12.7. The van der Waals surface area contributed by atoms with Crippen LogP contribution in [0.2, 0.25) is 5.02 Å². The Morgan fingerprint density at radius 1 is 1.04 bits per heavy atom. The number of amidine groups is 1. The molecule has 3 rings (SSSR count). The summed E-state index contributed by atoms with van der Waals surface area (Å²) in [7, 11) is 2.16. The molecule has 3 heteroatoms. The van der Waals surface area contributed by atoms with Crippen molar-refractivity contribution in [3.05, 3.63) is 63.7 Å². The zero-order chi connectivity index (χ0) is 16.6. The molecule has 0 aliphatic carbocycles. The normalized spacial score (nSPS) is 15.3. The first-order chi connectivity index (χ1) is 11.0. The van der Waals surface area contributed by atoms with Crippen LogP contribution in [-0.2, 0) is 0 Å². The van der Waals surface area contributed by atoms with Crippen molar-refractivity contribution in [3.8, 4) is 0 Å². The van der Waals surface area contributed by atoms with Gasteiger partial charge in [0.2, 0.25) is 0 Å². The highest BCUT2D eigenvalue weighted by atomic mass is 35.5. The largest absolute Gasteiger partial charge is 0.285 e. The van der Waals surface area contributed by atoms with E-state index >= 15 is 0 Å². The smallest absolute Gasteiger partial charge is 0.264 e. The van der Waals surface area contributed by atoms with Gasteiger partial charge in [0.15, 0.2) is 0 Å². The zero-order valence-corrected chi connectivity index (χ0v) is 15.1. The van der Waals surface area contributed by atoms with Crippen molar-refractivity contribution in [2.24, 2.45) is 0 Å². The van der Waals surface area contributed by atoms with Crippen molar-refractivity contribution in [1.29, 1.82) is 0 Å². The molecule has 2 aromatic carbocycles. The molecule has 0 aromatic heterocycles. The quantitative estimate of drug-likeness (QED) is 0.733. The summed E-state index contributed by atoms with van der Waals surface area (Å²) in [6.45, 7) is 8.64. The minimum atomic E-state index is 0.809. The van der Waals surface area contributed by atoms with Gasteiger partial charge in [-0.25, -0.2) is 4.90 Å². The second kappa shape index (κ2) is 6.37. The van der Waals surface area contributed by atoms with Gasteiger partial charge in [0.1, 0.15) is 5.69 Å². The SMILES string of the molecule is Cc1cc(C)c(N2CCC[N+](C)=C2c2ccccc2Cl)c(C)c1. The maximum atomic E-state index is 6.51. The van der Waals surface area contributed by atoms with E-state index in [2.05, 4.69) is 61.6 Å². The molecule has 23 heavy (non-hydrogen) atoms. The van der Waals surface area contributed by atoms with Crippen LogP contribution in [0.4, 0.5) is 5.69 Å². The fraction of sp³-hybridized carbons (Fsp3) is 0.350. The highest BCUT2D eigenvalue weighted by Gasteiger charge is 2.32. The van der Waals surface area contributed by atoms with Crippen LogP contribution >= 0.6 is 11.6 Å². The van der Waals surface area contributed by atoms with Crippen LogP contribution in [0.1, 0.15) is 28.7 Å². The molecule has 0 saturated heterocycles. The van der Waals surface area contributed by atoms with Crippen LogP contribution in [0.25, 0.3) is 0 Å². The van der Waals surface area contributed by atoms with E-state index in [0.29, 0.717) is 0 Å². The molecule has 1 aliphatic rings. The highest BCUT2D eigenvalue weighted by molar-refractivity contribution is 6.34. The first-order valence-corrected chi connectivity index (χ1v) is 8.55. The van der Waals surface area contributed by atoms with E-state index in [4.69, 9.17) is 11.6 Å². The van der Waals surface area contributed by atoms with Crippen molar-refractivity contribution in [2.45, 2.75) is 27.2 Å². The molecule has 0 spiro atoms. The van der Waals surface area contributed by atoms with Crippen LogP contribution in [0.3, 0.4) is 0 Å². The van der Waals surface area contributed by atoms with E-state index < -0.39 is 0 Å². The van der Waals surface area contributed by atoms with E-state index in [1.165, 1.54) is 28.2 Å². The Morgan fingerprint density at radius 2 is 1.70 bits per heavy atom. The third-order valence-corrected chi connectivity index (χ3v) is 4.84. The number of hydrogen-bond donors (Lipinski definition) is 0. The molecule has 2 nitrogen and oxygen atoms in total. The zero-order valence-electron chi connectivity index (χ0n) is 14.4. The molecule has 0 unspecified atom stereocenters. The maximum absolute atomic E-state index is 6.51. The van der Waals surface area contributed by atoms with Crippen LogP contribution in [0, 0.1) is 20.8 Å². The van der Waals surface area contributed by atoms with Gasteiger partial charge in [-0.2, -0.15) is 0 Å². The predicted molar refractivity (Wildman–Crippen MR) is 99.2 cm³/mol. The summed E-state index contributed by atoms with van der Waals surface area (Å²) in [5, 5.41) is 0.809. The lowest BCUT2D eigenvalue weighted by atomic mass is 10.0. The molecule has 0 N–H and O–H groups in total. The number of nitrogens with zero attached hydrogens (tertiary/aromatic N) is 2. The standard InChI is InChI=1S/C20H24ClN2/c1-14-12-15(2)19(16(3)13-14)23-11-7-10-22(4)20(23)17-8-5-6-9-18(17)21/h5-6,8-9,12-13H,7,10-11H2,1-4H3/q+1. The second-order valence-corrected chi connectivity index (χ2v) is 6.88. The van der Waals surface area contributed by atoms with E-state index in [-0.39, 0.29) is 0 Å². The summed E-state index contributed by atoms with van der Waals surface area (Å²) < 4.78 is 2.32. The number of anilines is 1. The lowest BCUT2D eigenvalue weighted by Crippen LogP contribution is -2.44. The van der Waals surface area contributed by atoms with Crippen molar-refractivity contribution in [1.82, 2.24) is 0 Å². The molecular formula is C20H24ClN2+. The van der Waals surface area contributed by atoms with E-state index in [9.17, 15) is 0 Å². The van der Waals surface area contributed by atoms with Gasteiger partial charge in [-0.1, -0.05) is 41.4 Å². The molecule has 0 radical (unpaired) electrons. The summed E-state index contributed by atoms with van der Waals surface area (Å²) in [6.07, 6.45) is 1.15. The molecule has 1 heterocycles. The molecule has 0 bridgehead atoms. The average molecular weight is 328 g/mol. The van der Waals surface area contributed by atoms with Gasteiger partial charge < -0.3 is 0 Å². The van der Waals surface area contributed by atoms with E-state index in [1.807, 2.05) is 12.1 Å². The summed E-state index contributed by atoms with van der Waals surface area (Å²) in [5.41, 5.74) is 6.38. The number of rotatable bonds is 2. The van der Waals surface area contributed by atoms with Gasteiger partial charge in [-0.05, 0) is 44.0 Å². The van der Waals surface area contributed by atoms with Crippen LogP contribution < -0.4 is 4.90 Å². The molecular weight excluding hydrogens is 304 g/mol. The Morgan fingerprint density at radius 3 is 2.35 bits per heavy atom. The van der Waals surface area contributed by atoms with Crippen molar-refractivity contribution in [2.75, 3.05) is 25.0 Å². The van der Waals surface area contributed by atoms with Gasteiger partial charge in [-0.3, -0.25) is 4.58 Å². The topological polar surface area (TPSA) is 6.25 Å². The minimum Gasteiger partial charge on any atom is -0.264 e. The molecule has 0 fully saturated rings. The first-order valence-electron chi connectivity index (χ1n) is 8.17. The van der Waals surface area contributed by atoms with Crippen LogP contribution in [0.15, 0.2) is 36.4 Å². The molecule has 0 amide bonds. The molecule has 0 atom stereocenters. The molecule has 120 valence electrons. The Kier molecular flexibility index (Phi) is 4.45. The Hall–Kier alpha value is -1.80. The minimum absolute atomic E-state index is 0.809. The number of halogens is 1.